The minimum Gasteiger partial charge on any atom is -0.478 e. The van der Waals surface area contributed by atoms with E-state index in [9.17, 15) is 14.4 Å². The summed E-state index contributed by atoms with van der Waals surface area (Å²) in [4.78, 5) is 33.5. The molecule has 1 rings (SSSR count). The molecule has 3 amide bonds. The van der Waals surface area contributed by atoms with Crippen LogP contribution >= 0.6 is 0 Å². The molecule has 1 aromatic rings. The maximum Gasteiger partial charge on any atom is 0.338 e. The van der Waals surface area contributed by atoms with Gasteiger partial charge < -0.3 is 21.5 Å². The van der Waals surface area contributed by atoms with Gasteiger partial charge in [-0.3, -0.25) is 4.79 Å². The van der Waals surface area contributed by atoms with Gasteiger partial charge in [-0.1, -0.05) is 12.1 Å². The molecule has 5 N–H and O–H groups in total. The molecular weight excluding hydrogens is 250 g/mol. The molecule has 0 bridgehead atoms. The number of rotatable bonds is 4. The Bertz CT molecular complexity index is 528. The summed E-state index contributed by atoms with van der Waals surface area (Å²) in [5, 5.41) is 13.8. The molecule has 0 heterocycles. The fraction of sp³-hybridized carbons (Fsp3) is 0.250. The average Bonchev–Trinajstić information content (AvgIpc) is 2.27. The molecule has 0 radical (unpaired) electrons. The SMILES string of the molecule is Cc1cccc(NC(=O)NC(C)C(N)=O)c1C(=O)O. The molecule has 0 fully saturated rings. The summed E-state index contributed by atoms with van der Waals surface area (Å²) in [5.74, 6) is -1.82. The highest BCUT2D eigenvalue weighted by atomic mass is 16.4. The molecule has 0 saturated carbocycles. The van der Waals surface area contributed by atoms with Crippen molar-refractivity contribution >= 4 is 23.6 Å². The number of carbonyl (C=O) groups excluding carboxylic acids is 2. The Morgan fingerprint density at radius 3 is 2.47 bits per heavy atom. The monoisotopic (exact) mass is 265 g/mol. The standard InChI is InChI=1S/C12H15N3O4/c1-6-4-3-5-8(9(6)11(17)18)15-12(19)14-7(2)10(13)16/h3-5,7H,1-2H3,(H2,13,16)(H,17,18)(H2,14,15,19). The van der Waals surface area contributed by atoms with E-state index in [1.807, 2.05) is 0 Å². The molecule has 7 nitrogen and oxygen atoms in total. The van der Waals surface area contributed by atoms with Crippen LogP contribution in [-0.4, -0.2) is 29.1 Å². The smallest absolute Gasteiger partial charge is 0.338 e. The van der Waals surface area contributed by atoms with E-state index >= 15 is 0 Å². The van der Waals surface area contributed by atoms with Crippen LogP contribution in [0.25, 0.3) is 0 Å². The van der Waals surface area contributed by atoms with Crippen LogP contribution in [0.1, 0.15) is 22.8 Å². The minimum atomic E-state index is -1.14. The number of benzene rings is 1. The van der Waals surface area contributed by atoms with Crippen LogP contribution in [0.3, 0.4) is 0 Å². The summed E-state index contributed by atoms with van der Waals surface area (Å²) in [7, 11) is 0. The van der Waals surface area contributed by atoms with Crippen LogP contribution in [0.5, 0.6) is 0 Å². The number of hydrogen-bond acceptors (Lipinski definition) is 3. The van der Waals surface area contributed by atoms with Gasteiger partial charge in [0.25, 0.3) is 0 Å². The zero-order valence-corrected chi connectivity index (χ0v) is 10.6. The van der Waals surface area contributed by atoms with Crippen molar-refractivity contribution in [2.45, 2.75) is 19.9 Å². The number of carbonyl (C=O) groups is 3. The second kappa shape index (κ2) is 5.85. The highest BCUT2D eigenvalue weighted by molar-refractivity contribution is 6.01. The van der Waals surface area contributed by atoms with E-state index in [0.29, 0.717) is 5.56 Å². The zero-order valence-electron chi connectivity index (χ0n) is 10.6. The van der Waals surface area contributed by atoms with Crippen molar-refractivity contribution in [3.8, 4) is 0 Å². The average molecular weight is 265 g/mol. The zero-order chi connectivity index (χ0) is 14.6. The lowest BCUT2D eigenvalue weighted by Gasteiger charge is -2.13. The molecule has 0 saturated heterocycles. The lowest BCUT2D eigenvalue weighted by molar-refractivity contribution is -0.119. The van der Waals surface area contributed by atoms with Crippen LogP contribution in [0.2, 0.25) is 0 Å². The molecule has 7 heteroatoms. The molecule has 102 valence electrons. The molecule has 0 aromatic heterocycles. The van der Waals surface area contributed by atoms with Crippen LogP contribution in [0, 0.1) is 6.92 Å². The predicted molar refractivity (Wildman–Crippen MR) is 68.9 cm³/mol. The van der Waals surface area contributed by atoms with E-state index in [-0.39, 0.29) is 11.3 Å². The number of hydrogen-bond donors (Lipinski definition) is 4. The van der Waals surface area contributed by atoms with E-state index in [0.717, 1.165) is 0 Å². The Hall–Kier alpha value is -2.57. The molecule has 19 heavy (non-hydrogen) atoms. The summed E-state index contributed by atoms with van der Waals surface area (Å²) in [6.07, 6.45) is 0. The van der Waals surface area contributed by atoms with E-state index in [4.69, 9.17) is 10.8 Å². The van der Waals surface area contributed by atoms with Crippen LogP contribution in [-0.2, 0) is 4.79 Å². The Balaban J connectivity index is 2.88. The summed E-state index contributed by atoms with van der Waals surface area (Å²) in [6.45, 7) is 3.05. The van der Waals surface area contributed by atoms with Crippen LogP contribution in [0.15, 0.2) is 18.2 Å². The van der Waals surface area contributed by atoms with Crippen molar-refractivity contribution in [3.63, 3.8) is 0 Å². The normalized spacial score (nSPS) is 11.5. The van der Waals surface area contributed by atoms with Crippen molar-refractivity contribution in [1.82, 2.24) is 5.32 Å². The molecule has 1 unspecified atom stereocenters. The van der Waals surface area contributed by atoms with Crippen LogP contribution in [0.4, 0.5) is 10.5 Å². The third kappa shape index (κ3) is 3.70. The molecule has 0 aliphatic heterocycles. The van der Waals surface area contributed by atoms with Crippen molar-refractivity contribution < 1.29 is 19.5 Å². The maximum atomic E-state index is 11.6. The number of aryl methyl sites for hydroxylation is 1. The quantitative estimate of drug-likeness (QED) is 0.639. The fourth-order valence-corrected chi connectivity index (χ4v) is 1.48. The molecule has 0 spiro atoms. The maximum absolute atomic E-state index is 11.6. The first-order chi connectivity index (χ1) is 8.82. The second-order valence-corrected chi connectivity index (χ2v) is 4.03. The highest BCUT2D eigenvalue weighted by Gasteiger charge is 2.17. The lowest BCUT2D eigenvalue weighted by atomic mass is 10.1. The Morgan fingerprint density at radius 1 is 1.32 bits per heavy atom. The van der Waals surface area contributed by atoms with Crippen molar-refractivity contribution in [2.75, 3.05) is 5.32 Å². The van der Waals surface area contributed by atoms with Gasteiger partial charge in [-0.25, -0.2) is 9.59 Å². The first kappa shape index (κ1) is 14.5. The molecule has 0 aliphatic carbocycles. The lowest BCUT2D eigenvalue weighted by Crippen LogP contribution is -2.44. The first-order valence-corrected chi connectivity index (χ1v) is 5.52. The molecule has 1 aromatic carbocycles. The van der Waals surface area contributed by atoms with Gasteiger partial charge in [0.15, 0.2) is 0 Å². The van der Waals surface area contributed by atoms with Crippen molar-refractivity contribution in [2.24, 2.45) is 5.73 Å². The largest absolute Gasteiger partial charge is 0.478 e. The van der Waals surface area contributed by atoms with E-state index < -0.39 is 23.9 Å². The molecule has 1 atom stereocenters. The van der Waals surface area contributed by atoms with Gasteiger partial charge in [0.1, 0.15) is 6.04 Å². The van der Waals surface area contributed by atoms with Gasteiger partial charge in [0.05, 0.1) is 11.3 Å². The summed E-state index contributed by atoms with van der Waals surface area (Å²) in [6, 6.07) is 3.16. The Kier molecular flexibility index (Phi) is 4.46. The van der Waals surface area contributed by atoms with E-state index in [1.54, 1.807) is 19.1 Å². The fourth-order valence-electron chi connectivity index (χ4n) is 1.48. The van der Waals surface area contributed by atoms with E-state index in [1.165, 1.54) is 13.0 Å². The number of urea groups is 1. The van der Waals surface area contributed by atoms with Gasteiger partial charge in [-0.05, 0) is 25.5 Å². The van der Waals surface area contributed by atoms with Gasteiger partial charge in [0, 0.05) is 0 Å². The van der Waals surface area contributed by atoms with Gasteiger partial charge in [-0.15, -0.1) is 0 Å². The number of amides is 3. The number of nitrogens with one attached hydrogen (secondary N) is 2. The third-order valence-electron chi connectivity index (χ3n) is 2.51. The van der Waals surface area contributed by atoms with Gasteiger partial charge >= 0.3 is 12.0 Å². The number of carboxylic acids is 1. The highest BCUT2D eigenvalue weighted by Crippen LogP contribution is 2.19. The summed E-state index contributed by atoms with van der Waals surface area (Å²) >= 11 is 0. The second-order valence-electron chi connectivity index (χ2n) is 4.03. The predicted octanol–water partition coefficient (Wildman–Crippen LogP) is 0.689. The summed E-state index contributed by atoms with van der Waals surface area (Å²) in [5.41, 5.74) is 5.68. The first-order valence-electron chi connectivity index (χ1n) is 5.52. The van der Waals surface area contributed by atoms with Crippen molar-refractivity contribution in [1.29, 1.82) is 0 Å². The molecule has 0 aliphatic rings. The van der Waals surface area contributed by atoms with E-state index in [2.05, 4.69) is 10.6 Å². The number of primary amides is 1. The third-order valence-corrected chi connectivity index (χ3v) is 2.51. The minimum absolute atomic E-state index is 0.00405. The number of carboxylic acid groups (broad SMARTS) is 1. The summed E-state index contributed by atoms with van der Waals surface area (Å²) < 4.78 is 0. The Morgan fingerprint density at radius 2 is 1.95 bits per heavy atom. The Labute approximate surface area is 109 Å². The number of anilines is 1. The number of aromatic carboxylic acids is 1. The topological polar surface area (TPSA) is 122 Å². The van der Waals surface area contributed by atoms with Crippen LogP contribution < -0.4 is 16.4 Å². The van der Waals surface area contributed by atoms with Gasteiger partial charge in [-0.2, -0.15) is 0 Å². The van der Waals surface area contributed by atoms with Crippen molar-refractivity contribution in [3.05, 3.63) is 29.3 Å². The van der Waals surface area contributed by atoms with Gasteiger partial charge in [0.2, 0.25) is 5.91 Å². The molecular formula is C12H15N3O4. The number of nitrogens with two attached hydrogens (primary N) is 1.